The van der Waals surface area contributed by atoms with Gasteiger partial charge in [-0.1, -0.05) is 27.7 Å². The minimum Gasteiger partial charge on any atom is -0.355 e. The van der Waals surface area contributed by atoms with E-state index in [1.807, 2.05) is 26.0 Å². The summed E-state index contributed by atoms with van der Waals surface area (Å²) in [5, 5.41) is 8.35. The molecule has 116 valence electrons. The molecule has 21 heavy (non-hydrogen) atoms. The maximum absolute atomic E-state index is 11.9. The zero-order valence-corrected chi connectivity index (χ0v) is 13.7. The van der Waals surface area contributed by atoms with E-state index in [1.54, 1.807) is 0 Å². The van der Waals surface area contributed by atoms with Crippen molar-refractivity contribution < 1.29 is 4.79 Å². The number of Topliss-reactive ketones (excluding diaryl/α,β-unsaturated/α-hetero) is 1. The topological polar surface area (TPSA) is 46.1 Å². The van der Waals surface area contributed by atoms with Crippen LogP contribution in [0.2, 0.25) is 0 Å². The third-order valence-corrected chi connectivity index (χ3v) is 4.17. The Morgan fingerprint density at radius 2 is 1.86 bits per heavy atom. The Morgan fingerprint density at radius 3 is 2.33 bits per heavy atom. The summed E-state index contributed by atoms with van der Waals surface area (Å²) in [7, 11) is 0. The molecular weight excluding hydrogens is 262 g/mol. The molecule has 2 rings (SSSR count). The van der Waals surface area contributed by atoms with Gasteiger partial charge in [0.05, 0.1) is 0 Å². The molecule has 4 heteroatoms. The highest BCUT2D eigenvalue weighted by Crippen LogP contribution is 2.26. The van der Waals surface area contributed by atoms with Crippen molar-refractivity contribution in [3.8, 4) is 0 Å². The van der Waals surface area contributed by atoms with Gasteiger partial charge in [0.2, 0.25) is 0 Å². The summed E-state index contributed by atoms with van der Waals surface area (Å²) >= 11 is 0. The zero-order valence-electron chi connectivity index (χ0n) is 13.7. The average molecular weight is 289 g/mol. The fourth-order valence-electron chi connectivity index (χ4n) is 2.99. The van der Waals surface area contributed by atoms with E-state index in [2.05, 4.69) is 28.9 Å². The van der Waals surface area contributed by atoms with Crippen molar-refractivity contribution in [2.45, 2.75) is 47.0 Å². The standard InChI is InChI=1S/C17H27N3O/c1-12(2)11-14-7-9-20(10-8-14)16-6-5-15(18-19-16)17(21)13(3)4/h5-6,12-14H,7-11H2,1-4H3. The monoisotopic (exact) mass is 289 g/mol. The fourth-order valence-corrected chi connectivity index (χ4v) is 2.99. The van der Waals surface area contributed by atoms with Gasteiger partial charge in [-0.2, -0.15) is 0 Å². The molecule has 1 fully saturated rings. The third-order valence-electron chi connectivity index (χ3n) is 4.17. The van der Waals surface area contributed by atoms with E-state index in [9.17, 15) is 4.79 Å². The summed E-state index contributed by atoms with van der Waals surface area (Å²) in [6.45, 7) is 10.5. The van der Waals surface area contributed by atoms with Crippen molar-refractivity contribution in [1.82, 2.24) is 10.2 Å². The molecule has 0 amide bonds. The van der Waals surface area contributed by atoms with Gasteiger partial charge < -0.3 is 4.90 Å². The van der Waals surface area contributed by atoms with E-state index in [0.717, 1.165) is 30.7 Å². The normalized spacial score (nSPS) is 16.8. The lowest BCUT2D eigenvalue weighted by molar-refractivity contribution is 0.0933. The molecular formula is C17H27N3O. The first kappa shape index (κ1) is 15.9. The minimum atomic E-state index is -0.0306. The number of carbonyl (C=O) groups excluding carboxylic acids is 1. The molecule has 0 N–H and O–H groups in total. The minimum absolute atomic E-state index is 0.0306. The SMILES string of the molecule is CC(C)CC1CCN(c2ccc(C(=O)C(C)C)nn2)CC1. The Bertz CT molecular complexity index is 459. The number of carbonyl (C=O) groups is 1. The number of anilines is 1. The number of aromatic nitrogens is 2. The Morgan fingerprint density at radius 1 is 1.19 bits per heavy atom. The first-order valence-corrected chi connectivity index (χ1v) is 8.10. The molecule has 0 radical (unpaired) electrons. The van der Waals surface area contributed by atoms with Gasteiger partial charge in [0, 0.05) is 19.0 Å². The van der Waals surface area contributed by atoms with Crippen LogP contribution in [0, 0.1) is 17.8 Å². The van der Waals surface area contributed by atoms with E-state index in [4.69, 9.17) is 0 Å². The van der Waals surface area contributed by atoms with Gasteiger partial charge in [0.25, 0.3) is 0 Å². The molecule has 2 heterocycles. The fraction of sp³-hybridized carbons (Fsp3) is 0.706. The summed E-state index contributed by atoms with van der Waals surface area (Å²) in [6.07, 6.45) is 3.78. The van der Waals surface area contributed by atoms with Crippen molar-refractivity contribution in [3.63, 3.8) is 0 Å². The van der Waals surface area contributed by atoms with Gasteiger partial charge in [-0.25, -0.2) is 0 Å². The number of ketones is 1. The number of piperidine rings is 1. The first-order chi connectivity index (χ1) is 9.97. The Kier molecular flexibility index (Phi) is 5.32. The predicted octanol–water partition coefficient (Wildman–Crippen LogP) is 3.58. The predicted molar refractivity (Wildman–Crippen MR) is 85.6 cm³/mol. The maximum atomic E-state index is 11.9. The Hall–Kier alpha value is -1.45. The second-order valence-corrected chi connectivity index (χ2v) is 6.86. The number of rotatable bonds is 5. The zero-order chi connectivity index (χ0) is 15.4. The molecule has 0 bridgehead atoms. The van der Waals surface area contributed by atoms with Crippen LogP contribution in [0.3, 0.4) is 0 Å². The lowest BCUT2D eigenvalue weighted by Crippen LogP contribution is -2.34. The molecule has 1 saturated heterocycles. The van der Waals surface area contributed by atoms with E-state index in [1.165, 1.54) is 19.3 Å². The van der Waals surface area contributed by atoms with Crippen molar-refractivity contribution in [3.05, 3.63) is 17.8 Å². The smallest absolute Gasteiger partial charge is 0.185 e. The largest absolute Gasteiger partial charge is 0.355 e. The van der Waals surface area contributed by atoms with Gasteiger partial charge in [-0.15, -0.1) is 10.2 Å². The van der Waals surface area contributed by atoms with E-state index in [-0.39, 0.29) is 11.7 Å². The number of hydrogen-bond acceptors (Lipinski definition) is 4. The molecule has 0 atom stereocenters. The third kappa shape index (κ3) is 4.26. The molecule has 0 saturated carbocycles. The molecule has 1 aromatic rings. The van der Waals surface area contributed by atoms with Crippen molar-refractivity contribution in [1.29, 1.82) is 0 Å². The van der Waals surface area contributed by atoms with Crippen LogP contribution in [0.1, 0.15) is 57.4 Å². The van der Waals surface area contributed by atoms with Crippen LogP contribution >= 0.6 is 0 Å². The lowest BCUT2D eigenvalue weighted by Gasteiger charge is -2.33. The quantitative estimate of drug-likeness (QED) is 0.777. The second-order valence-electron chi connectivity index (χ2n) is 6.86. The van der Waals surface area contributed by atoms with Crippen LogP contribution in [-0.2, 0) is 0 Å². The summed E-state index contributed by atoms with van der Waals surface area (Å²) in [5.41, 5.74) is 0.475. The second kappa shape index (κ2) is 7.01. The highest BCUT2D eigenvalue weighted by Gasteiger charge is 2.21. The van der Waals surface area contributed by atoms with E-state index in [0.29, 0.717) is 5.69 Å². The van der Waals surface area contributed by atoms with Crippen molar-refractivity contribution >= 4 is 11.6 Å². The molecule has 0 unspecified atom stereocenters. The van der Waals surface area contributed by atoms with Crippen molar-refractivity contribution in [2.24, 2.45) is 17.8 Å². The van der Waals surface area contributed by atoms with E-state index >= 15 is 0 Å². The van der Waals surface area contributed by atoms with Crippen LogP contribution in [0.25, 0.3) is 0 Å². The lowest BCUT2D eigenvalue weighted by atomic mass is 9.89. The Balaban J connectivity index is 1.93. The molecule has 0 aromatic carbocycles. The molecule has 0 spiro atoms. The molecule has 4 nitrogen and oxygen atoms in total. The Labute approximate surface area is 127 Å². The van der Waals surface area contributed by atoms with Gasteiger partial charge in [0.1, 0.15) is 5.69 Å². The van der Waals surface area contributed by atoms with E-state index < -0.39 is 0 Å². The average Bonchev–Trinajstić information content (AvgIpc) is 2.47. The van der Waals surface area contributed by atoms with Crippen molar-refractivity contribution in [2.75, 3.05) is 18.0 Å². The van der Waals surface area contributed by atoms with Gasteiger partial charge in [-0.3, -0.25) is 4.79 Å². The highest BCUT2D eigenvalue weighted by molar-refractivity contribution is 5.95. The van der Waals surface area contributed by atoms with Gasteiger partial charge in [-0.05, 0) is 43.2 Å². The molecule has 1 aliphatic heterocycles. The van der Waals surface area contributed by atoms with Crippen LogP contribution < -0.4 is 4.90 Å². The summed E-state index contributed by atoms with van der Waals surface area (Å²) in [6, 6.07) is 3.75. The van der Waals surface area contributed by atoms with Gasteiger partial charge in [0.15, 0.2) is 11.6 Å². The summed E-state index contributed by atoms with van der Waals surface area (Å²) in [4.78, 5) is 14.1. The molecule has 1 aromatic heterocycles. The number of nitrogens with zero attached hydrogens (tertiary/aromatic N) is 3. The maximum Gasteiger partial charge on any atom is 0.185 e. The van der Waals surface area contributed by atoms with Gasteiger partial charge >= 0.3 is 0 Å². The molecule has 1 aliphatic rings. The summed E-state index contributed by atoms with van der Waals surface area (Å²) in [5.74, 6) is 2.55. The number of hydrogen-bond donors (Lipinski definition) is 0. The van der Waals surface area contributed by atoms with Crippen LogP contribution in [0.4, 0.5) is 5.82 Å². The van der Waals surface area contributed by atoms with Crippen LogP contribution in [0.5, 0.6) is 0 Å². The van der Waals surface area contributed by atoms with Crippen LogP contribution in [0.15, 0.2) is 12.1 Å². The van der Waals surface area contributed by atoms with Crippen LogP contribution in [-0.4, -0.2) is 29.1 Å². The first-order valence-electron chi connectivity index (χ1n) is 8.10. The molecule has 0 aliphatic carbocycles. The summed E-state index contributed by atoms with van der Waals surface area (Å²) < 4.78 is 0. The highest BCUT2D eigenvalue weighted by atomic mass is 16.1.